The second kappa shape index (κ2) is 44.6. The molecule has 9 heteroatoms. The number of hydrogen-bond acceptors (Lipinski definition) is 8. The Labute approximate surface area is 380 Å². The summed E-state index contributed by atoms with van der Waals surface area (Å²) in [5.41, 5.74) is 0. The van der Waals surface area contributed by atoms with E-state index in [0.29, 0.717) is 23.9 Å². The SMILES string of the molecule is CC/C=C\C/C=C\C/C=C\C/C=C\C/C=C\CCCCCCCCCCCCCCCC(=O)OC(COC(=O)CCCCCCCCCC)COC(OCC[N+](C)(C)C)C(=O)[O-]. The third-order valence-electron chi connectivity index (χ3n) is 10.5. The minimum absolute atomic E-state index is 0.147. The molecule has 0 bridgehead atoms. The first kappa shape index (κ1) is 59.0. The molecule has 0 fully saturated rings. The number of aliphatic carboxylic acids is 1. The van der Waals surface area contributed by atoms with Crippen LogP contribution in [0.25, 0.3) is 0 Å². The van der Waals surface area contributed by atoms with Gasteiger partial charge in [0.05, 0.1) is 40.3 Å². The van der Waals surface area contributed by atoms with Crippen LogP contribution in [-0.2, 0) is 33.3 Å². The molecule has 0 amide bonds. The fraction of sp³-hybridized carbons (Fsp3) is 0.755. The molecule has 0 N–H and O–H groups in total. The lowest BCUT2D eigenvalue weighted by Gasteiger charge is -2.26. The van der Waals surface area contributed by atoms with Gasteiger partial charge in [-0.3, -0.25) is 9.59 Å². The molecule has 2 atom stereocenters. The van der Waals surface area contributed by atoms with E-state index in [4.69, 9.17) is 18.9 Å². The highest BCUT2D eigenvalue weighted by Crippen LogP contribution is 2.15. The zero-order valence-corrected chi connectivity index (χ0v) is 40.5. The zero-order chi connectivity index (χ0) is 45.6. The highest BCUT2D eigenvalue weighted by atomic mass is 16.7. The number of rotatable bonds is 45. The molecule has 0 radical (unpaired) electrons. The normalized spacial score (nSPS) is 13.4. The number of nitrogens with zero attached hydrogens (tertiary/aromatic N) is 1. The van der Waals surface area contributed by atoms with Crippen molar-refractivity contribution in [3.05, 3.63) is 60.8 Å². The largest absolute Gasteiger partial charge is 0.545 e. The highest BCUT2D eigenvalue weighted by molar-refractivity contribution is 5.70. The van der Waals surface area contributed by atoms with E-state index in [1.807, 2.05) is 21.1 Å². The fourth-order valence-electron chi connectivity index (χ4n) is 6.68. The Hall–Kier alpha value is -3.01. The molecule has 0 aliphatic carbocycles. The van der Waals surface area contributed by atoms with Crippen molar-refractivity contribution in [2.45, 2.75) is 212 Å². The zero-order valence-electron chi connectivity index (χ0n) is 40.5. The molecule has 0 aromatic carbocycles. The van der Waals surface area contributed by atoms with Crippen molar-refractivity contribution in [3.63, 3.8) is 0 Å². The van der Waals surface area contributed by atoms with Gasteiger partial charge in [-0.2, -0.15) is 0 Å². The summed E-state index contributed by atoms with van der Waals surface area (Å²) in [4.78, 5) is 36.9. The monoisotopic (exact) mass is 872 g/mol. The Balaban J connectivity index is 4.14. The van der Waals surface area contributed by atoms with Crippen LogP contribution in [0.3, 0.4) is 0 Å². The van der Waals surface area contributed by atoms with Gasteiger partial charge in [-0.25, -0.2) is 0 Å². The fourth-order valence-corrected chi connectivity index (χ4v) is 6.68. The molecule has 0 aromatic heterocycles. The van der Waals surface area contributed by atoms with Crippen molar-refractivity contribution in [1.82, 2.24) is 0 Å². The number of carbonyl (C=O) groups excluding carboxylic acids is 3. The lowest BCUT2D eigenvalue weighted by molar-refractivity contribution is -0.870. The highest BCUT2D eigenvalue weighted by Gasteiger charge is 2.21. The molecule has 9 nitrogen and oxygen atoms in total. The van der Waals surface area contributed by atoms with Crippen LogP contribution in [0.15, 0.2) is 60.8 Å². The van der Waals surface area contributed by atoms with Gasteiger partial charge < -0.3 is 33.3 Å². The summed E-state index contributed by atoms with van der Waals surface area (Å²) in [7, 11) is 5.90. The Kier molecular flexibility index (Phi) is 42.4. The predicted molar refractivity (Wildman–Crippen MR) is 255 cm³/mol. The van der Waals surface area contributed by atoms with Gasteiger partial charge in [-0.1, -0.05) is 190 Å². The molecular weight excluding hydrogens is 779 g/mol. The van der Waals surface area contributed by atoms with Gasteiger partial charge in [-0.05, 0) is 57.8 Å². The first-order chi connectivity index (χ1) is 30.1. The number of carboxylic acids is 1. The second-order valence-electron chi connectivity index (χ2n) is 17.7. The van der Waals surface area contributed by atoms with Crippen LogP contribution < -0.4 is 5.11 Å². The molecular formula is C53H93NO8. The van der Waals surface area contributed by atoms with E-state index < -0.39 is 24.3 Å². The maximum atomic E-state index is 12.8. The van der Waals surface area contributed by atoms with Gasteiger partial charge in [0.1, 0.15) is 13.2 Å². The summed E-state index contributed by atoms with van der Waals surface area (Å²) < 4.78 is 22.5. The molecule has 2 unspecified atom stereocenters. The van der Waals surface area contributed by atoms with E-state index in [-0.39, 0.29) is 32.2 Å². The van der Waals surface area contributed by atoms with Gasteiger partial charge >= 0.3 is 11.9 Å². The van der Waals surface area contributed by atoms with E-state index in [2.05, 4.69) is 74.6 Å². The summed E-state index contributed by atoms with van der Waals surface area (Å²) in [6.07, 6.45) is 51.4. The van der Waals surface area contributed by atoms with Gasteiger partial charge in [0.2, 0.25) is 0 Å². The van der Waals surface area contributed by atoms with Crippen molar-refractivity contribution in [3.8, 4) is 0 Å². The number of unbranched alkanes of at least 4 members (excludes halogenated alkanes) is 20. The lowest BCUT2D eigenvalue weighted by Crippen LogP contribution is -2.44. The molecule has 0 rings (SSSR count). The van der Waals surface area contributed by atoms with E-state index in [9.17, 15) is 19.5 Å². The van der Waals surface area contributed by atoms with Crippen LogP contribution in [-0.4, -0.2) is 82.3 Å². The molecule has 0 heterocycles. The number of carboxylic acid groups (broad SMARTS) is 1. The quantitative estimate of drug-likeness (QED) is 0.0196. The van der Waals surface area contributed by atoms with Crippen molar-refractivity contribution >= 4 is 17.9 Å². The van der Waals surface area contributed by atoms with E-state index in [1.54, 1.807) is 0 Å². The summed E-state index contributed by atoms with van der Waals surface area (Å²) in [5, 5.41) is 11.7. The topological polar surface area (TPSA) is 111 Å². The molecule has 0 spiro atoms. The van der Waals surface area contributed by atoms with Gasteiger partial charge in [0, 0.05) is 12.8 Å². The summed E-state index contributed by atoms with van der Waals surface area (Å²) in [6.45, 7) is 4.59. The van der Waals surface area contributed by atoms with E-state index >= 15 is 0 Å². The predicted octanol–water partition coefficient (Wildman–Crippen LogP) is 12.4. The van der Waals surface area contributed by atoms with E-state index in [1.165, 1.54) is 96.3 Å². The van der Waals surface area contributed by atoms with Crippen molar-refractivity contribution < 1.29 is 42.9 Å². The number of esters is 2. The average molecular weight is 872 g/mol. The molecule has 0 saturated carbocycles. The van der Waals surface area contributed by atoms with Gasteiger partial charge in [-0.15, -0.1) is 0 Å². The Morgan fingerprint density at radius 2 is 0.919 bits per heavy atom. The first-order valence-corrected chi connectivity index (χ1v) is 24.9. The molecule has 358 valence electrons. The number of hydrogen-bond donors (Lipinski definition) is 0. The molecule has 0 aromatic rings. The summed E-state index contributed by atoms with van der Waals surface area (Å²) in [6, 6.07) is 0. The minimum Gasteiger partial charge on any atom is -0.545 e. The van der Waals surface area contributed by atoms with Crippen LogP contribution in [0, 0.1) is 0 Å². The number of ether oxygens (including phenoxy) is 4. The van der Waals surface area contributed by atoms with Crippen LogP contribution in [0.5, 0.6) is 0 Å². The molecule has 0 saturated heterocycles. The van der Waals surface area contributed by atoms with Crippen LogP contribution in [0.1, 0.15) is 200 Å². The van der Waals surface area contributed by atoms with Gasteiger partial charge in [0.25, 0.3) is 0 Å². The molecule has 0 aliphatic heterocycles. The first-order valence-electron chi connectivity index (χ1n) is 24.9. The van der Waals surface area contributed by atoms with Crippen molar-refractivity contribution in [2.75, 3.05) is 47.5 Å². The lowest BCUT2D eigenvalue weighted by atomic mass is 10.0. The van der Waals surface area contributed by atoms with E-state index in [0.717, 1.165) is 70.6 Å². The van der Waals surface area contributed by atoms with Crippen LogP contribution in [0.2, 0.25) is 0 Å². The summed E-state index contributed by atoms with van der Waals surface area (Å²) >= 11 is 0. The standard InChI is InChI=1S/C53H93NO8/c1-6-8-10-12-14-16-17-18-19-20-21-22-23-24-25-26-27-28-29-30-31-32-33-34-35-36-38-40-42-44-51(56)62-49(48-61-53(52(57)58)59-46-45-54(3,4)5)47-60-50(55)43-41-39-37-15-13-11-9-7-2/h8,10,14,16,18-19,21-22,24-25,49,53H,6-7,9,11-13,15,17,20,23,26-48H2,1-5H3/b10-8-,16-14-,19-18-,22-21-,25-24-. The van der Waals surface area contributed by atoms with Crippen molar-refractivity contribution in [2.24, 2.45) is 0 Å². The molecule has 0 aliphatic rings. The number of likely N-dealkylation sites (N-methyl/N-ethyl adjacent to an activating group) is 1. The van der Waals surface area contributed by atoms with Crippen LogP contribution >= 0.6 is 0 Å². The second-order valence-corrected chi connectivity index (χ2v) is 17.7. The van der Waals surface area contributed by atoms with Gasteiger partial charge in [0.15, 0.2) is 12.4 Å². The number of quaternary nitrogens is 1. The van der Waals surface area contributed by atoms with Crippen molar-refractivity contribution in [1.29, 1.82) is 0 Å². The Bertz CT molecular complexity index is 1200. The number of allylic oxidation sites excluding steroid dienone is 10. The third-order valence-corrected chi connectivity index (χ3v) is 10.5. The summed E-state index contributed by atoms with van der Waals surface area (Å²) in [5.74, 6) is -2.29. The third kappa shape index (κ3) is 45.0. The number of carbonyl (C=O) groups is 3. The average Bonchev–Trinajstić information content (AvgIpc) is 3.23. The minimum atomic E-state index is -1.62. The Morgan fingerprint density at radius 1 is 0.500 bits per heavy atom. The maximum absolute atomic E-state index is 12.8. The molecule has 62 heavy (non-hydrogen) atoms. The smallest absolute Gasteiger partial charge is 0.306 e. The Morgan fingerprint density at radius 3 is 1.37 bits per heavy atom. The maximum Gasteiger partial charge on any atom is 0.306 e. The van der Waals surface area contributed by atoms with Crippen LogP contribution in [0.4, 0.5) is 0 Å².